The fourth-order valence-electron chi connectivity index (χ4n) is 1.39. The lowest BCUT2D eigenvalue weighted by Crippen LogP contribution is -2.02. The largest absolute Gasteiger partial charge is 0.478 e. The van der Waals surface area contributed by atoms with E-state index in [1.807, 2.05) is 0 Å². The van der Waals surface area contributed by atoms with E-state index in [1.165, 1.54) is 30.7 Å². The van der Waals surface area contributed by atoms with Crippen LogP contribution in [0.2, 0.25) is 0 Å². The van der Waals surface area contributed by atoms with E-state index in [0.29, 0.717) is 5.03 Å². The number of aromatic carboxylic acids is 1. The van der Waals surface area contributed by atoms with Crippen LogP contribution in [-0.4, -0.2) is 25.6 Å². The molecular weight excluding hydrogens is 276 g/mol. The molecule has 2 aromatic rings. The molecule has 0 radical (unpaired) electrons. The normalized spacial score (nSPS) is 10.9. The van der Waals surface area contributed by atoms with Crippen molar-refractivity contribution in [3.05, 3.63) is 42.1 Å². The maximum atomic E-state index is 12.6. The average molecular weight is 285 g/mol. The zero-order valence-corrected chi connectivity index (χ0v) is 10.3. The van der Waals surface area contributed by atoms with E-state index in [9.17, 15) is 13.6 Å². The summed E-state index contributed by atoms with van der Waals surface area (Å²) in [6.45, 7) is -2.64. The summed E-state index contributed by atoms with van der Waals surface area (Å²) in [6.07, 6.45) is 3.86. The quantitative estimate of drug-likeness (QED) is 0.855. The Kier molecular flexibility index (Phi) is 4.10. The second kappa shape index (κ2) is 5.79. The second-order valence-corrected chi connectivity index (χ2v) is 4.50. The van der Waals surface area contributed by atoms with Gasteiger partial charge in [0.2, 0.25) is 0 Å². The van der Waals surface area contributed by atoms with E-state index < -0.39 is 12.5 Å². The number of imidazole rings is 1. The summed E-state index contributed by atoms with van der Waals surface area (Å²) in [5.41, 5.74) is 0.106. The molecule has 0 fully saturated rings. The van der Waals surface area contributed by atoms with Gasteiger partial charge >= 0.3 is 12.5 Å². The van der Waals surface area contributed by atoms with Gasteiger partial charge in [-0.3, -0.25) is 4.57 Å². The van der Waals surface area contributed by atoms with Crippen molar-refractivity contribution in [2.24, 2.45) is 0 Å². The van der Waals surface area contributed by atoms with E-state index in [-0.39, 0.29) is 17.1 Å². The standard InChI is InChI=1S/C11H9F2N3O2S/c12-11(13)16-4-3-14-8(16)6-19-9-5-7(10(17)18)1-2-15-9/h1-5,11H,6H2,(H,17,18). The van der Waals surface area contributed by atoms with E-state index in [0.717, 1.165) is 16.3 Å². The molecule has 0 saturated carbocycles. The van der Waals surface area contributed by atoms with Crippen LogP contribution in [-0.2, 0) is 5.75 Å². The molecule has 0 bridgehead atoms. The molecule has 0 unspecified atom stereocenters. The Bertz CT molecular complexity index is 589. The Morgan fingerprint density at radius 2 is 2.21 bits per heavy atom. The first kappa shape index (κ1) is 13.5. The Hall–Kier alpha value is -1.96. The van der Waals surface area contributed by atoms with Crippen molar-refractivity contribution < 1.29 is 18.7 Å². The van der Waals surface area contributed by atoms with Gasteiger partial charge in [-0.15, -0.1) is 0 Å². The zero-order valence-electron chi connectivity index (χ0n) is 9.53. The highest BCUT2D eigenvalue weighted by Gasteiger charge is 2.12. The van der Waals surface area contributed by atoms with Gasteiger partial charge in [0.25, 0.3) is 0 Å². The van der Waals surface area contributed by atoms with Gasteiger partial charge in [-0.05, 0) is 12.1 Å². The molecule has 2 heterocycles. The Labute approximate surface area is 111 Å². The van der Waals surface area contributed by atoms with E-state index in [1.54, 1.807) is 0 Å². The second-order valence-electron chi connectivity index (χ2n) is 3.50. The van der Waals surface area contributed by atoms with E-state index in [4.69, 9.17) is 5.11 Å². The van der Waals surface area contributed by atoms with Crippen LogP contribution in [0.4, 0.5) is 8.78 Å². The van der Waals surface area contributed by atoms with Crippen molar-refractivity contribution >= 4 is 17.7 Å². The lowest BCUT2D eigenvalue weighted by atomic mass is 10.3. The van der Waals surface area contributed by atoms with Crippen LogP contribution in [0.3, 0.4) is 0 Å². The van der Waals surface area contributed by atoms with E-state index in [2.05, 4.69) is 9.97 Å². The van der Waals surface area contributed by atoms with Crippen LogP contribution in [0.25, 0.3) is 0 Å². The highest BCUT2D eigenvalue weighted by molar-refractivity contribution is 7.98. The predicted molar refractivity (Wildman–Crippen MR) is 64.2 cm³/mol. The maximum absolute atomic E-state index is 12.6. The smallest absolute Gasteiger partial charge is 0.335 e. The van der Waals surface area contributed by atoms with Crippen molar-refractivity contribution in [2.45, 2.75) is 17.3 Å². The molecule has 1 N–H and O–H groups in total. The third kappa shape index (κ3) is 3.28. The average Bonchev–Trinajstić information content (AvgIpc) is 2.85. The summed E-state index contributed by atoms with van der Waals surface area (Å²) in [5.74, 6) is -0.659. The Morgan fingerprint density at radius 3 is 2.89 bits per heavy atom. The molecule has 0 aromatic carbocycles. The number of rotatable bonds is 5. The summed E-state index contributed by atoms with van der Waals surface area (Å²) in [6, 6.07) is 2.76. The first-order valence-electron chi connectivity index (χ1n) is 5.20. The van der Waals surface area contributed by atoms with Gasteiger partial charge in [-0.1, -0.05) is 11.8 Å². The first-order chi connectivity index (χ1) is 9.08. The molecule has 19 heavy (non-hydrogen) atoms. The number of carboxylic acid groups (broad SMARTS) is 1. The topological polar surface area (TPSA) is 68.0 Å². The van der Waals surface area contributed by atoms with Gasteiger partial charge in [0.05, 0.1) is 16.3 Å². The molecule has 0 aliphatic rings. The van der Waals surface area contributed by atoms with Gasteiger partial charge in [0.1, 0.15) is 5.82 Å². The minimum absolute atomic E-state index is 0.106. The van der Waals surface area contributed by atoms with Crippen LogP contribution < -0.4 is 0 Å². The number of thioether (sulfide) groups is 1. The third-order valence-corrected chi connectivity index (χ3v) is 3.21. The van der Waals surface area contributed by atoms with Crippen LogP contribution in [0, 0.1) is 0 Å². The summed E-state index contributed by atoms with van der Waals surface area (Å²) in [5, 5.41) is 9.27. The van der Waals surface area contributed by atoms with Crippen molar-refractivity contribution in [3.8, 4) is 0 Å². The molecule has 0 aliphatic heterocycles. The van der Waals surface area contributed by atoms with Crippen molar-refractivity contribution in [3.63, 3.8) is 0 Å². The molecular formula is C11H9F2N3O2S. The van der Waals surface area contributed by atoms with Crippen LogP contribution in [0.5, 0.6) is 0 Å². The molecule has 100 valence electrons. The number of carbonyl (C=O) groups is 1. The predicted octanol–water partition coefficient (Wildman–Crippen LogP) is 2.66. The SMILES string of the molecule is O=C(O)c1ccnc(SCc2nccn2C(F)F)c1. The minimum atomic E-state index is -2.64. The third-order valence-electron chi connectivity index (χ3n) is 2.29. The summed E-state index contributed by atoms with van der Waals surface area (Å²) >= 11 is 1.15. The molecule has 0 spiro atoms. The zero-order chi connectivity index (χ0) is 13.8. The summed E-state index contributed by atoms with van der Waals surface area (Å²) < 4.78 is 25.9. The van der Waals surface area contributed by atoms with Crippen LogP contribution in [0.15, 0.2) is 35.7 Å². The van der Waals surface area contributed by atoms with Crippen LogP contribution in [0.1, 0.15) is 22.7 Å². The first-order valence-corrected chi connectivity index (χ1v) is 6.18. The molecule has 0 atom stereocenters. The highest BCUT2D eigenvalue weighted by Crippen LogP contribution is 2.23. The molecule has 5 nitrogen and oxygen atoms in total. The van der Waals surface area contributed by atoms with Crippen molar-refractivity contribution in [2.75, 3.05) is 0 Å². The molecule has 2 rings (SSSR count). The number of carboxylic acids is 1. The fraction of sp³-hybridized carbons (Fsp3) is 0.182. The number of hydrogen-bond donors (Lipinski definition) is 1. The van der Waals surface area contributed by atoms with Crippen LogP contribution >= 0.6 is 11.8 Å². The molecule has 2 aromatic heterocycles. The monoisotopic (exact) mass is 285 g/mol. The number of nitrogens with zero attached hydrogens (tertiary/aromatic N) is 3. The Morgan fingerprint density at radius 1 is 1.42 bits per heavy atom. The van der Waals surface area contributed by atoms with E-state index >= 15 is 0 Å². The number of halogens is 2. The molecule has 0 amide bonds. The number of hydrogen-bond acceptors (Lipinski definition) is 4. The van der Waals surface area contributed by atoms with Gasteiger partial charge in [-0.2, -0.15) is 8.78 Å². The van der Waals surface area contributed by atoms with Gasteiger partial charge < -0.3 is 5.11 Å². The highest BCUT2D eigenvalue weighted by atomic mass is 32.2. The van der Waals surface area contributed by atoms with Crippen molar-refractivity contribution in [1.82, 2.24) is 14.5 Å². The van der Waals surface area contributed by atoms with Gasteiger partial charge in [0, 0.05) is 18.6 Å². The summed E-state index contributed by atoms with van der Waals surface area (Å²) in [7, 11) is 0. The Balaban J connectivity index is 2.08. The molecule has 8 heteroatoms. The fourth-order valence-corrected chi connectivity index (χ4v) is 2.24. The van der Waals surface area contributed by atoms with Gasteiger partial charge in [-0.25, -0.2) is 14.8 Å². The lowest BCUT2D eigenvalue weighted by Gasteiger charge is -2.05. The lowest BCUT2D eigenvalue weighted by molar-refractivity contribution is 0.0675. The van der Waals surface area contributed by atoms with Crippen molar-refractivity contribution in [1.29, 1.82) is 0 Å². The number of alkyl halides is 2. The molecule has 0 saturated heterocycles. The summed E-state index contributed by atoms with van der Waals surface area (Å²) in [4.78, 5) is 18.6. The van der Waals surface area contributed by atoms with Gasteiger partial charge in [0.15, 0.2) is 0 Å². The number of aromatic nitrogens is 3. The maximum Gasteiger partial charge on any atom is 0.335 e. The molecule has 0 aliphatic carbocycles. The minimum Gasteiger partial charge on any atom is -0.478 e. The number of pyridine rings is 1.